The number of hydrogen-bond acceptors (Lipinski definition) is 4. The molecular formula is C18H19ClN2O2. The number of benzene rings is 2. The van der Waals surface area contributed by atoms with E-state index in [4.69, 9.17) is 4.74 Å². The van der Waals surface area contributed by atoms with Crippen LogP contribution in [-0.4, -0.2) is 31.5 Å². The predicted molar refractivity (Wildman–Crippen MR) is 93.2 cm³/mol. The van der Waals surface area contributed by atoms with Gasteiger partial charge in [0.15, 0.2) is 0 Å². The van der Waals surface area contributed by atoms with Crippen LogP contribution in [0.5, 0.6) is 0 Å². The minimum absolute atomic E-state index is 0. The molecule has 5 heteroatoms. The number of hydrogen-bond donors (Lipinski definition) is 1. The number of halogens is 1. The number of ether oxygens (including phenoxy) is 1. The predicted octanol–water partition coefficient (Wildman–Crippen LogP) is 2.78. The summed E-state index contributed by atoms with van der Waals surface area (Å²) in [7, 11) is 0. The highest BCUT2D eigenvalue weighted by Crippen LogP contribution is 2.26. The van der Waals surface area contributed by atoms with E-state index >= 15 is 0 Å². The number of nitrogens with zero attached hydrogens (tertiary/aromatic N) is 1. The summed E-state index contributed by atoms with van der Waals surface area (Å²) in [5, 5.41) is 2.99. The summed E-state index contributed by atoms with van der Waals surface area (Å²) in [4.78, 5) is 16.8. The quantitative estimate of drug-likeness (QED) is 0.877. The highest BCUT2D eigenvalue weighted by Gasteiger charge is 2.27. The second kappa shape index (κ2) is 8.34. The third kappa shape index (κ3) is 4.33. The van der Waals surface area contributed by atoms with Crippen molar-refractivity contribution in [2.45, 2.75) is 12.0 Å². The molecule has 1 N–H and O–H groups in total. The van der Waals surface area contributed by atoms with Gasteiger partial charge in [0.1, 0.15) is 12.0 Å². The fourth-order valence-corrected chi connectivity index (χ4v) is 2.55. The minimum Gasteiger partial charge on any atom is -0.458 e. The second-order valence-electron chi connectivity index (χ2n) is 5.22. The Morgan fingerprint density at radius 2 is 1.61 bits per heavy atom. The third-order valence-electron chi connectivity index (χ3n) is 3.62. The van der Waals surface area contributed by atoms with Gasteiger partial charge in [-0.3, -0.25) is 9.79 Å². The van der Waals surface area contributed by atoms with Gasteiger partial charge in [0.25, 0.3) is 0 Å². The standard InChI is InChI=1S/C18H18N2O2.ClH/c21-18(22-16-11-19-13-20-12-16)17(14-7-3-1-4-8-14)15-9-5-2-6-10-15;/h1-10,13,16-17H,11-12H2,(H,19,20);1H. The molecule has 0 bridgehead atoms. The molecule has 23 heavy (non-hydrogen) atoms. The van der Waals surface area contributed by atoms with Crippen LogP contribution in [0.15, 0.2) is 65.7 Å². The topological polar surface area (TPSA) is 50.7 Å². The van der Waals surface area contributed by atoms with Crippen LogP contribution in [-0.2, 0) is 9.53 Å². The molecule has 0 amide bonds. The van der Waals surface area contributed by atoms with Crippen LogP contribution >= 0.6 is 12.4 Å². The van der Waals surface area contributed by atoms with E-state index in [1.54, 1.807) is 6.34 Å². The minimum atomic E-state index is -0.409. The Morgan fingerprint density at radius 1 is 1.04 bits per heavy atom. The van der Waals surface area contributed by atoms with E-state index in [1.165, 1.54) is 0 Å². The van der Waals surface area contributed by atoms with Crippen LogP contribution in [0.2, 0.25) is 0 Å². The number of rotatable bonds is 4. The summed E-state index contributed by atoms with van der Waals surface area (Å²) in [5.74, 6) is -0.644. The monoisotopic (exact) mass is 330 g/mol. The Hall–Kier alpha value is -2.33. The average molecular weight is 331 g/mol. The molecule has 1 unspecified atom stereocenters. The molecule has 1 atom stereocenters. The summed E-state index contributed by atoms with van der Waals surface area (Å²) < 4.78 is 5.65. The van der Waals surface area contributed by atoms with Gasteiger partial charge in [-0.1, -0.05) is 60.7 Å². The Kier molecular flexibility index (Phi) is 6.18. The van der Waals surface area contributed by atoms with Gasteiger partial charge in [0.05, 0.1) is 19.4 Å². The Labute approximate surface area is 142 Å². The van der Waals surface area contributed by atoms with Crippen molar-refractivity contribution in [2.75, 3.05) is 13.1 Å². The fraction of sp³-hybridized carbons (Fsp3) is 0.222. The maximum atomic E-state index is 12.7. The lowest BCUT2D eigenvalue weighted by Gasteiger charge is -2.23. The fourth-order valence-electron chi connectivity index (χ4n) is 2.55. The average Bonchev–Trinajstić information content (AvgIpc) is 2.58. The smallest absolute Gasteiger partial charge is 0.318 e. The molecule has 1 aliphatic rings. The molecule has 0 aromatic heterocycles. The molecular weight excluding hydrogens is 312 g/mol. The van der Waals surface area contributed by atoms with Crippen LogP contribution in [0.3, 0.4) is 0 Å². The Balaban J connectivity index is 0.00000192. The first-order valence-electron chi connectivity index (χ1n) is 7.36. The van der Waals surface area contributed by atoms with Crippen molar-refractivity contribution in [3.63, 3.8) is 0 Å². The summed E-state index contributed by atoms with van der Waals surface area (Å²) in [5.41, 5.74) is 1.87. The molecule has 0 spiro atoms. The summed E-state index contributed by atoms with van der Waals surface area (Å²) >= 11 is 0. The first-order chi connectivity index (χ1) is 10.8. The lowest BCUT2D eigenvalue weighted by molar-refractivity contribution is -0.149. The van der Waals surface area contributed by atoms with Crippen LogP contribution < -0.4 is 5.32 Å². The normalized spacial score (nSPS) is 16.3. The van der Waals surface area contributed by atoms with Crippen LogP contribution in [0.25, 0.3) is 0 Å². The van der Waals surface area contributed by atoms with Gasteiger partial charge in [0.2, 0.25) is 0 Å². The number of esters is 1. The van der Waals surface area contributed by atoms with Crippen molar-refractivity contribution in [1.82, 2.24) is 5.32 Å². The molecule has 0 radical (unpaired) electrons. The zero-order valence-electron chi connectivity index (χ0n) is 12.6. The van der Waals surface area contributed by atoms with Gasteiger partial charge in [-0.15, -0.1) is 12.4 Å². The van der Waals surface area contributed by atoms with E-state index in [0.29, 0.717) is 13.1 Å². The second-order valence-corrected chi connectivity index (χ2v) is 5.22. The van der Waals surface area contributed by atoms with Crippen molar-refractivity contribution in [3.8, 4) is 0 Å². The maximum absolute atomic E-state index is 12.7. The van der Waals surface area contributed by atoms with Crippen molar-refractivity contribution >= 4 is 24.7 Å². The van der Waals surface area contributed by atoms with E-state index in [-0.39, 0.29) is 24.5 Å². The van der Waals surface area contributed by atoms with Crippen molar-refractivity contribution in [1.29, 1.82) is 0 Å². The number of carbonyl (C=O) groups excluding carboxylic acids is 1. The van der Waals surface area contributed by atoms with E-state index < -0.39 is 5.92 Å². The van der Waals surface area contributed by atoms with Gasteiger partial charge >= 0.3 is 5.97 Å². The highest BCUT2D eigenvalue weighted by atomic mass is 35.5. The molecule has 1 aliphatic heterocycles. The van der Waals surface area contributed by atoms with Crippen molar-refractivity contribution < 1.29 is 9.53 Å². The molecule has 0 saturated carbocycles. The molecule has 120 valence electrons. The summed E-state index contributed by atoms with van der Waals surface area (Å²) in [6, 6.07) is 19.4. The van der Waals surface area contributed by atoms with E-state index in [0.717, 1.165) is 11.1 Å². The molecule has 2 aromatic rings. The van der Waals surface area contributed by atoms with Crippen LogP contribution in [0, 0.1) is 0 Å². The van der Waals surface area contributed by atoms with Crippen LogP contribution in [0.1, 0.15) is 17.0 Å². The lowest BCUT2D eigenvalue weighted by atomic mass is 9.91. The maximum Gasteiger partial charge on any atom is 0.318 e. The zero-order chi connectivity index (χ0) is 15.2. The first-order valence-corrected chi connectivity index (χ1v) is 7.36. The molecule has 2 aromatic carbocycles. The Bertz CT molecular complexity index is 607. The van der Waals surface area contributed by atoms with Crippen LogP contribution in [0.4, 0.5) is 0 Å². The third-order valence-corrected chi connectivity index (χ3v) is 3.62. The van der Waals surface area contributed by atoms with Crippen molar-refractivity contribution in [3.05, 3.63) is 71.8 Å². The van der Waals surface area contributed by atoms with Gasteiger partial charge in [-0.05, 0) is 11.1 Å². The first kappa shape index (κ1) is 17.0. The van der Waals surface area contributed by atoms with E-state index in [9.17, 15) is 4.79 Å². The highest BCUT2D eigenvalue weighted by molar-refractivity contribution is 5.85. The lowest BCUT2D eigenvalue weighted by Crippen LogP contribution is -2.37. The zero-order valence-corrected chi connectivity index (χ0v) is 13.4. The number of aliphatic imine (C=N–C) groups is 1. The summed E-state index contributed by atoms with van der Waals surface area (Å²) in [6.45, 7) is 1.11. The van der Waals surface area contributed by atoms with Gasteiger partial charge in [-0.2, -0.15) is 0 Å². The molecule has 0 fully saturated rings. The van der Waals surface area contributed by atoms with E-state index in [1.807, 2.05) is 60.7 Å². The molecule has 4 nitrogen and oxygen atoms in total. The van der Waals surface area contributed by atoms with E-state index in [2.05, 4.69) is 10.3 Å². The van der Waals surface area contributed by atoms with Gasteiger partial charge in [-0.25, -0.2) is 0 Å². The van der Waals surface area contributed by atoms with Crippen molar-refractivity contribution in [2.24, 2.45) is 4.99 Å². The number of nitrogens with one attached hydrogen (secondary N) is 1. The molecule has 1 heterocycles. The summed E-state index contributed by atoms with van der Waals surface area (Å²) in [6.07, 6.45) is 1.43. The number of carbonyl (C=O) groups is 1. The molecule has 3 rings (SSSR count). The van der Waals surface area contributed by atoms with Gasteiger partial charge in [0, 0.05) is 0 Å². The largest absolute Gasteiger partial charge is 0.458 e. The Morgan fingerprint density at radius 3 is 2.09 bits per heavy atom. The molecule has 0 saturated heterocycles. The molecule has 0 aliphatic carbocycles. The van der Waals surface area contributed by atoms with Gasteiger partial charge < -0.3 is 10.1 Å². The SMILES string of the molecule is Cl.O=C(OC1CN=CNC1)C(c1ccccc1)c1ccccc1.